The second-order valence-electron chi connectivity index (χ2n) is 4.55. The topological polar surface area (TPSA) is 84.0 Å². The molecule has 2 rings (SSSR count). The lowest BCUT2D eigenvalue weighted by molar-refractivity contribution is 0.601. The first-order valence-electron chi connectivity index (χ1n) is 6.61. The van der Waals surface area contributed by atoms with Gasteiger partial charge in [-0.15, -0.1) is 0 Å². The van der Waals surface area contributed by atoms with Crippen molar-refractivity contribution in [2.24, 2.45) is 0 Å². The summed E-state index contributed by atoms with van der Waals surface area (Å²) in [6, 6.07) is 5.16. The smallest absolute Gasteiger partial charge is 0.262 e. The van der Waals surface area contributed by atoms with E-state index in [0.29, 0.717) is 12.2 Å². The standard InChI is InChI=1S/C14H18N4O2S/c1-3-11-4-5-14(6-12(11)7-15-2)21(19,20)18-13-8-16-10-17-9-13/h4-6,8-10,15,18H,3,7H2,1-2H3. The summed E-state index contributed by atoms with van der Waals surface area (Å²) >= 11 is 0. The number of anilines is 1. The first-order chi connectivity index (χ1) is 10.1. The third kappa shape index (κ3) is 3.77. The van der Waals surface area contributed by atoms with Crippen molar-refractivity contribution < 1.29 is 8.42 Å². The van der Waals surface area contributed by atoms with Crippen molar-refractivity contribution in [2.75, 3.05) is 11.8 Å². The molecule has 1 heterocycles. The molecular weight excluding hydrogens is 288 g/mol. The van der Waals surface area contributed by atoms with Gasteiger partial charge < -0.3 is 5.32 Å². The quantitative estimate of drug-likeness (QED) is 0.846. The molecule has 0 saturated heterocycles. The molecule has 1 aromatic heterocycles. The Labute approximate surface area is 124 Å². The van der Waals surface area contributed by atoms with Crippen molar-refractivity contribution in [3.63, 3.8) is 0 Å². The van der Waals surface area contributed by atoms with Gasteiger partial charge in [0.2, 0.25) is 0 Å². The summed E-state index contributed by atoms with van der Waals surface area (Å²) in [4.78, 5) is 7.81. The number of benzene rings is 1. The molecule has 0 atom stereocenters. The second kappa shape index (κ2) is 6.64. The van der Waals surface area contributed by atoms with E-state index in [9.17, 15) is 8.42 Å². The average Bonchev–Trinajstić information content (AvgIpc) is 2.48. The van der Waals surface area contributed by atoms with Crippen molar-refractivity contribution in [2.45, 2.75) is 24.8 Å². The number of aromatic nitrogens is 2. The fraction of sp³-hybridized carbons (Fsp3) is 0.286. The molecule has 0 saturated carbocycles. The van der Waals surface area contributed by atoms with Crippen molar-refractivity contribution in [3.8, 4) is 0 Å². The monoisotopic (exact) mass is 306 g/mol. The highest BCUT2D eigenvalue weighted by atomic mass is 32.2. The molecule has 0 fully saturated rings. The fourth-order valence-electron chi connectivity index (χ4n) is 2.04. The van der Waals surface area contributed by atoms with Crippen LogP contribution in [0.15, 0.2) is 41.8 Å². The van der Waals surface area contributed by atoms with Crippen LogP contribution in [0.1, 0.15) is 18.1 Å². The molecule has 0 aliphatic rings. The van der Waals surface area contributed by atoms with Crippen LogP contribution in [0.5, 0.6) is 0 Å². The van der Waals surface area contributed by atoms with Gasteiger partial charge in [-0.3, -0.25) is 4.72 Å². The van der Waals surface area contributed by atoms with Crippen molar-refractivity contribution in [3.05, 3.63) is 48.0 Å². The first kappa shape index (κ1) is 15.4. The minimum Gasteiger partial charge on any atom is -0.316 e. The van der Waals surface area contributed by atoms with Crippen LogP contribution in [0.25, 0.3) is 0 Å². The Balaban J connectivity index is 2.34. The molecule has 2 N–H and O–H groups in total. The Kier molecular flexibility index (Phi) is 4.87. The van der Waals surface area contributed by atoms with Crippen LogP contribution in [-0.2, 0) is 23.0 Å². The number of hydrogen-bond acceptors (Lipinski definition) is 5. The van der Waals surface area contributed by atoms with Crippen LogP contribution in [0.2, 0.25) is 0 Å². The van der Waals surface area contributed by atoms with Gasteiger partial charge in [-0.2, -0.15) is 0 Å². The van der Waals surface area contributed by atoms with Gasteiger partial charge in [-0.1, -0.05) is 13.0 Å². The maximum atomic E-state index is 12.4. The van der Waals surface area contributed by atoms with Gasteiger partial charge in [0.05, 0.1) is 23.0 Å². The number of rotatable bonds is 6. The molecule has 1 aromatic carbocycles. The maximum absolute atomic E-state index is 12.4. The van der Waals surface area contributed by atoms with Crippen LogP contribution >= 0.6 is 0 Å². The van der Waals surface area contributed by atoms with E-state index < -0.39 is 10.0 Å². The highest BCUT2D eigenvalue weighted by Crippen LogP contribution is 2.19. The number of sulfonamides is 1. The molecule has 6 nitrogen and oxygen atoms in total. The van der Waals surface area contributed by atoms with Crippen LogP contribution in [0, 0.1) is 0 Å². The summed E-state index contributed by atoms with van der Waals surface area (Å²) in [5.74, 6) is 0. The molecule has 0 aliphatic carbocycles. The summed E-state index contributed by atoms with van der Waals surface area (Å²) in [6.45, 7) is 2.67. The van der Waals surface area contributed by atoms with Crippen LogP contribution < -0.4 is 10.0 Å². The summed E-state index contributed by atoms with van der Waals surface area (Å²) in [6.07, 6.45) is 5.04. The van der Waals surface area contributed by atoms with Crippen molar-refractivity contribution >= 4 is 15.7 Å². The predicted octanol–water partition coefficient (Wildman–Crippen LogP) is 1.56. The largest absolute Gasteiger partial charge is 0.316 e. The SMILES string of the molecule is CCc1ccc(S(=O)(=O)Nc2cncnc2)cc1CNC. The molecule has 2 aromatic rings. The lowest BCUT2D eigenvalue weighted by Crippen LogP contribution is -2.15. The van der Waals surface area contributed by atoms with E-state index in [1.54, 1.807) is 12.1 Å². The van der Waals surface area contributed by atoms with E-state index >= 15 is 0 Å². The third-order valence-corrected chi connectivity index (χ3v) is 4.43. The first-order valence-corrected chi connectivity index (χ1v) is 8.09. The predicted molar refractivity (Wildman–Crippen MR) is 81.4 cm³/mol. The van der Waals surface area contributed by atoms with E-state index in [0.717, 1.165) is 17.5 Å². The zero-order valence-electron chi connectivity index (χ0n) is 12.0. The van der Waals surface area contributed by atoms with Gasteiger partial charge in [0.15, 0.2) is 0 Å². The van der Waals surface area contributed by atoms with E-state index in [1.807, 2.05) is 20.0 Å². The van der Waals surface area contributed by atoms with E-state index in [1.165, 1.54) is 18.7 Å². The highest BCUT2D eigenvalue weighted by molar-refractivity contribution is 7.92. The molecule has 0 bridgehead atoms. The number of aryl methyl sites for hydroxylation is 1. The van der Waals surface area contributed by atoms with Gasteiger partial charge in [-0.05, 0) is 36.7 Å². The lowest BCUT2D eigenvalue weighted by Gasteiger charge is -2.12. The van der Waals surface area contributed by atoms with Gasteiger partial charge in [0, 0.05) is 6.54 Å². The minimum absolute atomic E-state index is 0.230. The van der Waals surface area contributed by atoms with E-state index in [-0.39, 0.29) is 4.90 Å². The molecule has 0 amide bonds. The molecule has 21 heavy (non-hydrogen) atoms. The molecular formula is C14H18N4O2S. The molecule has 7 heteroatoms. The normalized spacial score (nSPS) is 11.3. The number of hydrogen-bond donors (Lipinski definition) is 2. The average molecular weight is 306 g/mol. The number of nitrogens with one attached hydrogen (secondary N) is 2. The van der Waals surface area contributed by atoms with Gasteiger partial charge in [0.1, 0.15) is 6.33 Å². The highest BCUT2D eigenvalue weighted by Gasteiger charge is 2.16. The zero-order valence-corrected chi connectivity index (χ0v) is 12.8. The number of nitrogens with zero attached hydrogens (tertiary/aromatic N) is 2. The molecule has 0 unspecified atom stereocenters. The Hall–Kier alpha value is -1.99. The maximum Gasteiger partial charge on any atom is 0.262 e. The third-order valence-electron chi connectivity index (χ3n) is 3.05. The molecule has 112 valence electrons. The van der Waals surface area contributed by atoms with Gasteiger partial charge in [0.25, 0.3) is 10.0 Å². The van der Waals surface area contributed by atoms with Gasteiger partial charge >= 0.3 is 0 Å². The van der Waals surface area contributed by atoms with Gasteiger partial charge in [-0.25, -0.2) is 18.4 Å². The van der Waals surface area contributed by atoms with Crippen LogP contribution in [0.4, 0.5) is 5.69 Å². The van der Waals surface area contributed by atoms with E-state index in [2.05, 4.69) is 20.0 Å². The zero-order chi connectivity index (χ0) is 15.3. The summed E-state index contributed by atoms with van der Waals surface area (Å²) in [7, 11) is -1.80. The summed E-state index contributed by atoms with van der Waals surface area (Å²) < 4.78 is 27.2. The van der Waals surface area contributed by atoms with Crippen molar-refractivity contribution in [1.82, 2.24) is 15.3 Å². The Bertz CT molecular complexity index is 702. The second-order valence-corrected chi connectivity index (χ2v) is 6.23. The Morgan fingerprint density at radius 3 is 2.48 bits per heavy atom. The molecule has 0 aliphatic heterocycles. The molecule has 0 spiro atoms. The molecule has 0 radical (unpaired) electrons. The summed E-state index contributed by atoms with van der Waals surface area (Å²) in [5, 5.41) is 3.05. The van der Waals surface area contributed by atoms with Crippen LogP contribution in [0.3, 0.4) is 0 Å². The summed E-state index contributed by atoms with van der Waals surface area (Å²) in [5.41, 5.74) is 2.45. The van der Waals surface area contributed by atoms with E-state index in [4.69, 9.17) is 0 Å². The Morgan fingerprint density at radius 2 is 1.86 bits per heavy atom. The Morgan fingerprint density at radius 1 is 1.14 bits per heavy atom. The fourth-order valence-corrected chi connectivity index (χ4v) is 3.11. The van der Waals surface area contributed by atoms with Crippen molar-refractivity contribution in [1.29, 1.82) is 0 Å². The minimum atomic E-state index is -3.64. The lowest BCUT2D eigenvalue weighted by atomic mass is 10.1. The van der Waals surface area contributed by atoms with Crippen LogP contribution in [-0.4, -0.2) is 25.4 Å².